The smallest absolute Gasteiger partial charge is 0.320 e. The highest BCUT2D eigenvalue weighted by Crippen LogP contribution is 2.28. The molecule has 0 heterocycles. The molecule has 0 bridgehead atoms. The molecule has 0 atom stereocenters. The predicted octanol–water partition coefficient (Wildman–Crippen LogP) is 2.94. The normalized spacial score (nSPS) is 13.8. The highest BCUT2D eigenvalue weighted by molar-refractivity contribution is 9.10. The average molecular weight is 355 g/mol. The topological polar surface area (TPSA) is 60.9 Å². The molecule has 1 saturated carbocycles. The van der Waals surface area contributed by atoms with Crippen molar-refractivity contribution in [2.45, 2.75) is 31.8 Å². The lowest BCUT2D eigenvalue weighted by Crippen LogP contribution is -2.43. The van der Waals surface area contributed by atoms with Crippen molar-refractivity contribution in [3.8, 4) is 0 Å². The maximum absolute atomic E-state index is 12.5. The molecule has 0 unspecified atom stereocenters. The molecule has 1 N–H and O–H groups in total. The fraction of sp³-hybridized carbons (Fsp3) is 0.467. The number of carboxylic acid groups (broad SMARTS) is 1. The molecule has 0 aromatic heterocycles. The fourth-order valence-corrected chi connectivity index (χ4v) is 2.45. The van der Waals surface area contributed by atoms with E-state index in [4.69, 9.17) is 5.11 Å². The first-order valence-electron chi connectivity index (χ1n) is 6.95. The zero-order chi connectivity index (χ0) is 15.4. The Hall–Kier alpha value is -1.56. The Labute approximate surface area is 132 Å². The quantitative estimate of drug-likeness (QED) is 0.854. The van der Waals surface area contributed by atoms with Crippen molar-refractivity contribution in [3.05, 3.63) is 34.3 Å². The number of urea groups is 1. The van der Waals surface area contributed by atoms with E-state index in [1.54, 1.807) is 16.8 Å². The number of rotatable bonds is 6. The molecule has 2 rings (SSSR count). The summed E-state index contributed by atoms with van der Waals surface area (Å²) < 4.78 is 1.00. The van der Waals surface area contributed by atoms with Gasteiger partial charge in [0, 0.05) is 30.7 Å². The van der Waals surface area contributed by atoms with E-state index in [1.165, 1.54) is 0 Å². The molecule has 0 saturated heterocycles. The minimum absolute atomic E-state index is 0.00559. The second kappa shape index (κ2) is 6.93. The van der Waals surface area contributed by atoms with Gasteiger partial charge in [-0.1, -0.05) is 28.1 Å². The van der Waals surface area contributed by atoms with E-state index in [0.717, 1.165) is 22.9 Å². The molecule has 1 aliphatic carbocycles. The first-order valence-corrected chi connectivity index (χ1v) is 7.74. The third-order valence-electron chi connectivity index (χ3n) is 3.46. The van der Waals surface area contributed by atoms with Gasteiger partial charge in [0.15, 0.2) is 0 Å². The Morgan fingerprint density at radius 2 is 1.90 bits per heavy atom. The zero-order valence-corrected chi connectivity index (χ0v) is 13.5. The second-order valence-corrected chi connectivity index (χ2v) is 6.25. The molecule has 0 radical (unpaired) electrons. The van der Waals surface area contributed by atoms with Gasteiger partial charge in [-0.25, -0.2) is 4.79 Å². The lowest BCUT2D eigenvalue weighted by Gasteiger charge is -2.28. The van der Waals surface area contributed by atoms with Crippen molar-refractivity contribution in [3.63, 3.8) is 0 Å². The number of halogens is 1. The molecule has 21 heavy (non-hydrogen) atoms. The summed E-state index contributed by atoms with van der Waals surface area (Å²) in [6, 6.07) is 7.93. The monoisotopic (exact) mass is 354 g/mol. The van der Waals surface area contributed by atoms with Crippen molar-refractivity contribution < 1.29 is 14.7 Å². The van der Waals surface area contributed by atoms with E-state index in [2.05, 4.69) is 15.9 Å². The third kappa shape index (κ3) is 4.74. The molecule has 6 heteroatoms. The lowest BCUT2D eigenvalue weighted by atomic mass is 10.2. The van der Waals surface area contributed by atoms with Gasteiger partial charge in [0.25, 0.3) is 0 Å². The van der Waals surface area contributed by atoms with Gasteiger partial charge in [0.1, 0.15) is 0 Å². The third-order valence-corrected chi connectivity index (χ3v) is 3.99. The summed E-state index contributed by atoms with van der Waals surface area (Å²) in [5.41, 5.74) is 1.04. The van der Waals surface area contributed by atoms with E-state index in [9.17, 15) is 9.59 Å². The zero-order valence-electron chi connectivity index (χ0n) is 12.0. The largest absolute Gasteiger partial charge is 0.481 e. The van der Waals surface area contributed by atoms with Crippen molar-refractivity contribution in [1.82, 2.24) is 9.80 Å². The number of carbonyl (C=O) groups excluding carboxylic acids is 1. The van der Waals surface area contributed by atoms with E-state index in [-0.39, 0.29) is 25.0 Å². The Kier molecular flexibility index (Phi) is 5.22. The van der Waals surface area contributed by atoms with Gasteiger partial charge in [-0.3, -0.25) is 4.79 Å². The van der Waals surface area contributed by atoms with Crippen LogP contribution in [0.5, 0.6) is 0 Å². The Morgan fingerprint density at radius 3 is 2.43 bits per heavy atom. The first kappa shape index (κ1) is 15.8. The molecule has 1 aliphatic rings. The number of benzene rings is 1. The molecule has 1 aromatic carbocycles. The number of nitrogens with zero attached hydrogens (tertiary/aromatic N) is 2. The summed E-state index contributed by atoms with van der Waals surface area (Å²) >= 11 is 3.38. The molecule has 0 spiro atoms. The van der Waals surface area contributed by atoms with E-state index >= 15 is 0 Å². The summed E-state index contributed by atoms with van der Waals surface area (Å²) in [6.45, 7) is 0.798. The molecule has 0 aliphatic heterocycles. The number of hydrogen-bond donors (Lipinski definition) is 1. The summed E-state index contributed by atoms with van der Waals surface area (Å²) in [5, 5.41) is 8.79. The van der Waals surface area contributed by atoms with Gasteiger partial charge in [0.2, 0.25) is 0 Å². The van der Waals surface area contributed by atoms with Crippen LogP contribution in [0.2, 0.25) is 0 Å². The van der Waals surface area contributed by atoms with Crippen molar-refractivity contribution in [2.75, 3.05) is 13.6 Å². The summed E-state index contributed by atoms with van der Waals surface area (Å²) in [6.07, 6.45) is 1.93. The van der Waals surface area contributed by atoms with E-state index in [1.807, 2.05) is 24.3 Å². The summed E-state index contributed by atoms with van der Waals surface area (Å²) in [7, 11) is 1.75. The number of aliphatic carboxylic acids is 1. The minimum atomic E-state index is -0.871. The van der Waals surface area contributed by atoms with Crippen LogP contribution in [0, 0.1) is 0 Å². The van der Waals surface area contributed by atoms with Crippen LogP contribution in [0.1, 0.15) is 24.8 Å². The number of hydrogen-bond acceptors (Lipinski definition) is 2. The molecule has 114 valence electrons. The molecule has 1 fully saturated rings. The van der Waals surface area contributed by atoms with Crippen LogP contribution in [0.15, 0.2) is 28.7 Å². The predicted molar refractivity (Wildman–Crippen MR) is 83.0 cm³/mol. The summed E-state index contributed by atoms with van der Waals surface area (Å²) in [4.78, 5) is 26.5. The Balaban J connectivity index is 1.95. The van der Waals surface area contributed by atoms with Crippen LogP contribution in [-0.4, -0.2) is 46.5 Å². The standard InChI is InChI=1S/C15H19BrN2O3/c1-17(10-11-2-4-12(16)5-3-11)15(21)18(13-6-7-13)9-8-14(19)20/h2-5,13H,6-10H2,1H3,(H,19,20). The van der Waals surface area contributed by atoms with Crippen LogP contribution in [-0.2, 0) is 11.3 Å². The van der Waals surface area contributed by atoms with Gasteiger partial charge in [-0.2, -0.15) is 0 Å². The maximum Gasteiger partial charge on any atom is 0.320 e. The lowest BCUT2D eigenvalue weighted by molar-refractivity contribution is -0.137. The maximum atomic E-state index is 12.5. The van der Waals surface area contributed by atoms with Crippen LogP contribution in [0.4, 0.5) is 4.79 Å². The van der Waals surface area contributed by atoms with Gasteiger partial charge in [-0.05, 0) is 30.5 Å². The van der Waals surface area contributed by atoms with Gasteiger partial charge < -0.3 is 14.9 Å². The van der Waals surface area contributed by atoms with E-state index in [0.29, 0.717) is 6.54 Å². The van der Waals surface area contributed by atoms with Gasteiger partial charge >= 0.3 is 12.0 Å². The minimum Gasteiger partial charge on any atom is -0.481 e. The van der Waals surface area contributed by atoms with Crippen LogP contribution in [0.25, 0.3) is 0 Å². The SMILES string of the molecule is CN(Cc1ccc(Br)cc1)C(=O)N(CCC(=O)O)C1CC1. The van der Waals surface area contributed by atoms with Crippen LogP contribution in [0.3, 0.4) is 0 Å². The number of amides is 2. The highest BCUT2D eigenvalue weighted by atomic mass is 79.9. The van der Waals surface area contributed by atoms with E-state index < -0.39 is 5.97 Å². The van der Waals surface area contributed by atoms with Crippen molar-refractivity contribution in [1.29, 1.82) is 0 Å². The van der Waals surface area contributed by atoms with Crippen molar-refractivity contribution in [2.24, 2.45) is 0 Å². The van der Waals surface area contributed by atoms with Gasteiger partial charge in [0.05, 0.1) is 6.42 Å². The second-order valence-electron chi connectivity index (χ2n) is 5.33. The number of carboxylic acids is 1. The first-order chi connectivity index (χ1) is 9.97. The molecule has 1 aromatic rings. The number of carbonyl (C=O) groups is 2. The highest BCUT2D eigenvalue weighted by Gasteiger charge is 2.34. The van der Waals surface area contributed by atoms with Gasteiger partial charge in [-0.15, -0.1) is 0 Å². The molecular weight excluding hydrogens is 336 g/mol. The van der Waals surface area contributed by atoms with Crippen LogP contribution < -0.4 is 0 Å². The summed E-state index contributed by atoms with van der Waals surface area (Å²) in [5.74, 6) is -0.871. The van der Waals surface area contributed by atoms with Crippen molar-refractivity contribution >= 4 is 27.9 Å². The fourth-order valence-electron chi connectivity index (χ4n) is 2.19. The van der Waals surface area contributed by atoms with Crippen LogP contribution >= 0.6 is 15.9 Å². The molecular formula is C15H19BrN2O3. The Morgan fingerprint density at radius 1 is 1.29 bits per heavy atom. The molecule has 2 amide bonds. The average Bonchev–Trinajstić information content (AvgIpc) is 3.25. The molecule has 5 nitrogen and oxygen atoms in total. The Bertz CT molecular complexity index is 514.